The van der Waals surface area contributed by atoms with E-state index in [1.54, 1.807) is 0 Å². The average molecular weight is 383 g/mol. The lowest BCUT2D eigenvalue weighted by Gasteiger charge is -2.18. The van der Waals surface area contributed by atoms with Crippen molar-refractivity contribution >= 4 is 41.6 Å². The molecule has 0 saturated heterocycles. The first kappa shape index (κ1) is 17.5. The van der Waals surface area contributed by atoms with Gasteiger partial charge in [0.05, 0.1) is 10.5 Å². The Labute approximate surface area is 132 Å². The summed E-state index contributed by atoms with van der Waals surface area (Å²) in [5, 5.41) is 2.77. The molecule has 7 heteroatoms. The summed E-state index contributed by atoms with van der Waals surface area (Å²) in [5.74, 6) is -0.330. The number of carbonyl (C=O) groups excluding carboxylic acids is 1. The highest BCUT2D eigenvalue weighted by molar-refractivity contribution is 9.10. The highest BCUT2D eigenvalue weighted by Gasteiger charge is 2.17. The van der Waals surface area contributed by atoms with E-state index in [9.17, 15) is 13.2 Å². The van der Waals surface area contributed by atoms with Crippen molar-refractivity contribution in [1.29, 1.82) is 0 Å². The summed E-state index contributed by atoms with van der Waals surface area (Å²) >= 11 is 3.23. The molecule has 0 aliphatic rings. The van der Waals surface area contributed by atoms with Crippen LogP contribution in [-0.2, 0) is 9.05 Å². The van der Waals surface area contributed by atoms with E-state index in [2.05, 4.69) is 42.0 Å². The van der Waals surface area contributed by atoms with Gasteiger partial charge in [-0.05, 0) is 46.0 Å². The Bertz CT molecular complexity index is 609. The van der Waals surface area contributed by atoms with E-state index in [1.807, 2.05) is 0 Å². The molecule has 20 heavy (non-hydrogen) atoms. The predicted molar refractivity (Wildman–Crippen MR) is 83.6 cm³/mol. The Morgan fingerprint density at radius 3 is 2.45 bits per heavy atom. The monoisotopic (exact) mass is 381 g/mol. The molecule has 1 amide bonds. The topological polar surface area (TPSA) is 63.2 Å². The molecule has 1 rings (SSSR count). The first-order chi connectivity index (χ1) is 9.00. The number of benzene rings is 1. The molecular formula is C13H17BrClNO3S. The zero-order valence-electron chi connectivity index (χ0n) is 11.5. The van der Waals surface area contributed by atoms with Crippen molar-refractivity contribution in [3.05, 3.63) is 28.2 Å². The minimum absolute atomic E-state index is 0.0941. The van der Waals surface area contributed by atoms with Crippen LogP contribution >= 0.6 is 26.6 Å². The minimum Gasteiger partial charge on any atom is -0.352 e. The van der Waals surface area contributed by atoms with Crippen LogP contribution in [-0.4, -0.2) is 20.9 Å². The van der Waals surface area contributed by atoms with Gasteiger partial charge < -0.3 is 5.32 Å². The average Bonchev–Trinajstić information content (AvgIpc) is 2.25. The number of nitrogens with one attached hydrogen (secondary N) is 1. The number of hydrogen-bond acceptors (Lipinski definition) is 3. The third kappa shape index (κ3) is 5.42. The third-order valence-electron chi connectivity index (χ3n) is 2.62. The Morgan fingerprint density at radius 2 is 1.95 bits per heavy atom. The van der Waals surface area contributed by atoms with Gasteiger partial charge in [0.15, 0.2) is 0 Å². The standard InChI is InChI=1S/C13H17BrClNO3S/c1-13(2,3)6-7-16-12(17)10-8-9(20(15,18)19)4-5-11(10)14/h4-5,8H,6-7H2,1-3H3,(H,16,17). The molecule has 0 radical (unpaired) electrons. The van der Waals surface area contributed by atoms with Crippen LogP contribution in [0, 0.1) is 5.41 Å². The summed E-state index contributed by atoms with van der Waals surface area (Å²) in [4.78, 5) is 12.0. The van der Waals surface area contributed by atoms with Crippen LogP contribution in [0.25, 0.3) is 0 Å². The van der Waals surface area contributed by atoms with Crippen molar-refractivity contribution in [3.8, 4) is 0 Å². The molecule has 0 unspecified atom stereocenters. The van der Waals surface area contributed by atoms with Crippen molar-refractivity contribution in [1.82, 2.24) is 5.32 Å². The number of halogens is 2. The highest BCUT2D eigenvalue weighted by Crippen LogP contribution is 2.23. The first-order valence-electron chi connectivity index (χ1n) is 6.03. The Morgan fingerprint density at radius 1 is 1.35 bits per heavy atom. The van der Waals surface area contributed by atoms with E-state index >= 15 is 0 Å². The van der Waals surface area contributed by atoms with Crippen LogP contribution < -0.4 is 5.32 Å². The molecule has 0 atom stereocenters. The second kappa shape index (κ2) is 6.45. The largest absolute Gasteiger partial charge is 0.352 e. The Balaban J connectivity index is 2.88. The van der Waals surface area contributed by atoms with Crippen LogP contribution in [0.1, 0.15) is 37.6 Å². The van der Waals surface area contributed by atoms with Crippen LogP contribution in [0.2, 0.25) is 0 Å². The summed E-state index contributed by atoms with van der Waals surface area (Å²) in [6, 6.07) is 4.10. The van der Waals surface area contributed by atoms with Gasteiger partial charge in [-0.1, -0.05) is 20.8 Å². The van der Waals surface area contributed by atoms with Gasteiger partial charge in [-0.2, -0.15) is 0 Å². The molecule has 1 N–H and O–H groups in total. The molecule has 112 valence electrons. The second-order valence-electron chi connectivity index (χ2n) is 5.65. The zero-order chi connectivity index (χ0) is 15.6. The van der Waals surface area contributed by atoms with Gasteiger partial charge in [0.2, 0.25) is 0 Å². The van der Waals surface area contributed by atoms with E-state index in [4.69, 9.17) is 10.7 Å². The first-order valence-corrected chi connectivity index (χ1v) is 9.13. The van der Waals surface area contributed by atoms with Gasteiger partial charge >= 0.3 is 0 Å². The second-order valence-corrected chi connectivity index (χ2v) is 9.07. The van der Waals surface area contributed by atoms with E-state index in [0.29, 0.717) is 11.0 Å². The van der Waals surface area contributed by atoms with Gasteiger partial charge in [0.25, 0.3) is 15.0 Å². The maximum absolute atomic E-state index is 12.1. The van der Waals surface area contributed by atoms with Crippen LogP contribution in [0.5, 0.6) is 0 Å². The van der Waals surface area contributed by atoms with Crippen molar-refractivity contribution < 1.29 is 13.2 Å². The summed E-state index contributed by atoms with van der Waals surface area (Å²) in [5.41, 5.74) is 0.367. The summed E-state index contributed by atoms with van der Waals surface area (Å²) in [6.07, 6.45) is 0.823. The summed E-state index contributed by atoms with van der Waals surface area (Å²) < 4.78 is 23.1. The molecular weight excluding hydrogens is 366 g/mol. The molecule has 1 aromatic rings. The molecule has 0 bridgehead atoms. The van der Waals surface area contributed by atoms with Gasteiger partial charge in [0.1, 0.15) is 0 Å². The van der Waals surface area contributed by atoms with Crippen molar-refractivity contribution in [2.45, 2.75) is 32.1 Å². The fraction of sp³-hybridized carbons (Fsp3) is 0.462. The molecule has 0 aromatic heterocycles. The van der Waals surface area contributed by atoms with Crippen LogP contribution in [0.4, 0.5) is 0 Å². The zero-order valence-corrected chi connectivity index (χ0v) is 14.7. The van der Waals surface area contributed by atoms with E-state index < -0.39 is 9.05 Å². The number of hydrogen-bond donors (Lipinski definition) is 1. The molecule has 0 fully saturated rings. The molecule has 0 aliphatic carbocycles. The quantitative estimate of drug-likeness (QED) is 0.810. The van der Waals surface area contributed by atoms with E-state index in [1.165, 1.54) is 18.2 Å². The lowest BCUT2D eigenvalue weighted by Crippen LogP contribution is -2.27. The molecule has 0 heterocycles. The maximum Gasteiger partial charge on any atom is 0.261 e. The molecule has 4 nitrogen and oxygen atoms in total. The maximum atomic E-state index is 12.1. The molecule has 0 aliphatic heterocycles. The lowest BCUT2D eigenvalue weighted by molar-refractivity contribution is 0.0948. The van der Waals surface area contributed by atoms with Gasteiger partial charge in [-0.25, -0.2) is 8.42 Å². The third-order valence-corrected chi connectivity index (χ3v) is 4.67. The van der Waals surface area contributed by atoms with Crippen molar-refractivity contribution in [2.75, 3.05) is 6.54 Å². The molecule has 1 aromatic carbocycles. The van der Waals surface area contributed by atoms with Gasteiger partial charge in [0, 0.05) is 21.7 Å². The minimum atomic E-state index is -3.85. The van der Waals surface area contributed by atoms with E-state index in [0.717, 1.165) is 6.42 Å². The lowest BCUT2D eigenvalue weighted by atomic mass is 9.92. The van der Waals surface area contributed by atoms with E-state index in [-0.39, 0.29) is 21.8 Å². The number of amides is 1. The van der Waals surface area contributed by atoms with Crippen LogP contribution in [0.15, 0.2) is 27.6 Å². The van der Waals surface area contributed by atoms with Crippen molar-refractivity contribution in [3.63, 3.8) is 0 Å². The van der Waals surface area contributed by atoms with Gasteiger partial charge in [-0.15, -0.1) is 0 Å². The summed E-state index contributed by atoms with van der Waals surface area (Å²) in [6.45, 7) is 6.76. The number of rotatable bonds is 4. The fourth-order valence-corrected chi connectivity index (χ4v) is 2.68. The number of carbonyl (C=O) groups is 1. The normalized spacial score (nSPS) is 12.2. The smallest absolute Gasteiger partial charge is 0.261 e. The van der Waals surface area contributed by atoms with Crippen LogP contribution in [0.3, 0.4) is 0 Å². The van der Waals surface area contributed by atoms with Crippen molar-refractivity contribution in [2.24, 2.45) is 5.41 Å². The molecule has 0 saturated carbocycles. The predicted octanol–water partition coefficient (Wildman–Crippen LogP) is 3.54. The van der Waals surface area contributed by atoms with Gasteiger partial charge in [-0.3, -0.25) is 4.79 Å². The Kier molecular flexibility index (Phi) is 5.63. The Hall–Kier alpha value is -0.590. The SMILES string of the molecule is CC(C)(C)CCNC(=O)c1cc(S(=O)(=O)Cl)ccc1Br. The molecule has 0 spiro atoms. The highest BCUT2D eigenvalue weighted by atomic mass is 79.9. The fourth-order valence-electron chi connectivity index (χ4n) is 1.48. The summed E-state index contributed by atoms with van der Waals surface area (Å²) in [7, 11) is 1.43.